The van der Waals surface area contributed by atoms with Crippen molar-refractivity contribution >= 4 is 5.65 Å². The van der Waals surface area contributed by atoms with Crippen LogP contribution < -0.4 is 5.32 Å². The third-order valence-electron chi connectivity index (χ3n) is 3.85. The van der Waals surface area contributed by atoms with Crippen molar-refractivity contribution in [1.29, 1.82) is 0 Å². The zero-order chi connectivity index (χ0) is 12.8. The number of rotatable bonds is 1. The summed E-state index contributed by atoms with van der Waals surface area (Å²) < 4.78 is 2.00. The maximum atomic E-state index is 4.37. The van der Waals surface area contributed by atoms with Crippen LogP contribution in [-0.4, -0.2) is 26.1 Å². The second-order valence-electron chi connectivity index (χ2n) is 5.80. The summed E-state index contributed by atoms with van der Waals surface area (Å²) in [7, 11) is 0. The van der Waals surface area contributed by atoms with E-state index >= 15 is 0 Å². The van der Waals surface area contributed by atoms with Crippen LogP contribution in [-0.2, 0) is 0 Å². The van der Waals surface area contributed by atoms with Gasteiger partial charge in [0.2, 0.25) is 0 Å². The van der Waals surface area contributed by atoms with Gasteiger partial charge in [-0.2, -0.15) is 0 Å². The summed E-state index contributed by atoms with van der Waals surface area (Å²) in [5.41, 5.74) is 2.05. The molecule has 0 radical (unpaired) electrons. The van der Waals surface area contributed by atoms with E-state index < -0.39 is 0 Å². The predicted octanol–water partition coefficient (Wildman–Crippen LogP) is 1.88. The Kier molecular flexibility index (Phi) is 2.59. The molecule has 96 valence electrons. The summed E-state index contributed by atoms with van der Waals surface area (Å²) in [4.78, 5) is 4.34. The molecule has 0 aromatic carbocycles. The van der Waals surface area contributed by atoms with Crippen LogP contribution in [0.25, 0.3) is 5.65 Å². The van der Waals surface area contributed by atoms with Crippen LogP contribution in [0.1, 0.15) is 44.2 Å². The Bertz CT molecular complexity index is 572. The van der Waals surface area contributed by atoms with Crippen LogP contribution in [0.2, 0.25) is 0 Å². The van der Waals surface area contributed by atoms with Crippen molar-refractivity contribution in [2.75, 3.05) is 6.54 Å². The van der Waals surface area contributed by atoms with Gasteiger partial charge >= 0.3 is 0 Å². The van der Waals surface area contributed by atoms with E-state index in [1.165, 1.54) is 12.8 Å². The van der Waals surface area contributed by atoms with Crippen LogP contribution in [0.3, 0.4) is 0 Å². The standard InChI is InChI=1S/C13H19N5/c1-9-7-10-16-17-12(18(10)8-15-9)11-13(2,3)5-4-6-14-11/h7-8,11,14H,4-6H2,1-3H3. The Hall–Kier alpha value is -1.49. The zero-order valence-corrected chi connectivity index (χ0v) is 11.1. The second kappa shape index (κ2) is 4.02. The number of nitrogens with one attached hydrogen (secondary N) is 1. The molecule has 18 heavy (non-hydrogen) atoms. The molecule has 3 heterocycles. The molecule has 1 atom stereocenters. The Morgan fingerprint density at radius 2 is 2.22 bits per heavy atom. The second-order valence-corrected chi connectivity index (χ2v) is 5.80. The van der Waals surface area contributed by atoms with Crippen molar-refractivity contribution in [3.8, 4) is 0 Å². The first-order chi connectivity index (χ1) is 8.58. The lowest BCUT2D eigenvalue weighted by molar-refractivity contribution is 0.173. The average molecular weight is 245 g/mol. The third-order valence-corrected chi connectivity index (χ3v) is 3.85. The van der Waals surface area contributed by atoms with Gasteiger partial charge < -0.3 is 5.32 Å². The smallest absolute Gasteiger partial charge is 0.163 e. The first-order valence-electron chi connectivity index (χ1n) is 6.48. The van der Waals surface area contributed by atoms with E-state index in [1.54, 1.807) is 0 Å². The fourth-order valence-corrected chi connectivity index (χ4v) is 2.75. The highest BCUT2D eigenvalue weighted by Gasteiger charge is 2.36. The molecule has 2 aromatic heterocycles. The summed E-state index contributed by atoms with van der Waals surface area (Å²) in [6.45, 7) is 7.58. The van der Waals surface area contributed by atoms with Gasteiger partial charge in [0.1, 0.15) is 6.33 Å². The molecule has 0 saturated carbocycles. The maximum Gasteiger partial charge on any atom is 0.163 e. The number of fused-ring (bicyclic) bond motifs is 1. The maximum absolute atomic E-state index is 4.37. The van der Waals surface area contributed by atoms with E-state index in [0.29, 0.717) is 0 Å². The normalized spacial score (nSPS) is 23.4. The van der Waals surface area contributed by atoms with Crippen LogP contribution in [0, 0.1) is 12.3 Å². The van der Waals surface area contributed by atoms with Crippen LogP contribution in [0.5, 0.6) is 0 Å². The van der Waals surface area contributed by atoms with Crippen molar-refractivity contribution in [2.45, 2.75) is 39.7 Å². The number of hydrogen-bond donors (Lipinski definition) is 1. The lowest BCUT2D eigenvalue weighted by atomic mass is 9.77. The number of aryl methyl sites for hydroxylation is 1. The highest BCUT2D eigenvalue weighted by atomic mass is 15.3. The molecular weight excluding hydrogens is 226 g/mol. The molecule has 0 spiro atoms. The average Bonchev–Trinajstić information content (AvgIpc) is 2.71. The Morgan fingerprint density at radius 3 is 3.00 bits per heavy atom. The quantitative estimate of drug-likeness (QED) is 0.833. The molecular formula is C13H19N5. The Morgan fingerprint density at radius 1 is 1.39 bits per heavy atom. The summed E-state index contributed by atoms with van der Waals surface area (Å²) in [5, 5.41) is 12.2. The summed E-state index contributed by atoms with van der Waals surface area (Å²) in [6, 6.07) is 2.21. The van der Waals surface area contributed by atoms with Gasteiger partial charge in [0.05, 0.1) is 6.04 Å². The third kappa shape index (κ3) is 1.79. The molecule has 1 aliphatic rings. The summed E-state index contributed by atoms with van der Waals surface area (Å²) in [6.07, 6.45) is 4.25. The van der Waals surface area contributed by atoms with Crippen LogP contribution in [0.4, 0.5) is 0 Å². The predicted molar refractivity (Wildman–Crippen MR) is 69.3 cm³/mol. The summed E-state index contributed by atoms with van der Waals surface area (Å²) in [5.74, 6) is 0.974. The minimum absolute atomic E-state index is 0.200. The van der Waals surface area contributed by atoms with Gasteiger partial charge in [0.15, 0.2) is 11.5 Å². The SMILES string of the molecule is Cc1cc2nnc(C3NCCCC3(C)C)n2cn1. The number of hydrogen-bond acceptors (Lipinski definition) is 4. The number of piperidine rings is 1. The largest absolute Gasteiger partial charge is 0.307 e. The molecule has 2 aromatic rings. The highest BCUT2D eigenvalue weighted by Crippen LogP contribution is 2.39. The van der Waals surface area contributed by atoms with E-state index in [1.807, 2.05) is 23.7 Å². The van der Waals surface area contributed by atoms with Crippen molar-refractivity contribution in [2.24, 2.45) is 5.41 Å². The molecule has 5 heteroatoms. The molecule has 1 N–H and O–H groups in total. The fraction of sp³-hybridized carbons (Fsp3) is 0.615. The minimum Gasteiger partial charge on any atom is -0.307 e. The van der Waals surface area contributed by atoms with Crippen LogP contribution in [0.15, 0.2) is 12.4 Å². The Labute approximate surface area is 107 Å². The van der Waals surface area contributed by atoms with Crippen molar-refractivity contribution in [3.05, 3.63) is 23.9 Å². The van der Waals surface area contributed by atoms with Gasteiger partial charge in [-0.05, 0) is 31.7 Å². The monoisotopic (exact) mass is 245 g/mol. The van der Waals surface area contributed by atoms with Gasteiger partial charge in [-0.1, -0.05) is 13.8 Å². The zero-order valence-electron chi connectivity index (χ0n) is 11.1. The molecule has 3 rings (SSSR count). The van der Waals surface area contributed by atoms with Gasteiger partial charge in [-0.15, -0.1) is 10.2 Å². The van der Waals surface area contributed by atoms with E-state index in [2.05, 4.69) is 34.3 Å². The molecule has 0 bridgehead atoms. The van der Waals surface area contributed by atoms with Gasteiger partial charge in [-0.3, -0.25) is 4.40 Å². The van der Waals surface area contributed by atoms with Gasteiger partial charge in [0.25, 0.3) is 0 Å². The van der Waals surface area contributed by atoms with Gasteiger partial charge in [-0.25, -0.2) is 4.98 Å². The summed E-state index contributed by atoms with van der Waals surface area (Å²) >= 11 is 0. The van der Waals surface area contributed by atoms with Crippen LogP contribution >= 0.6 is 0 Å². The Balaban J connectivity index is 2.08. The number of aromatic nitrogens is 4. The first-order valence-corrected chi connectivity index (χ1v) is 6.48. The van der Waals surface area contributed by atoms with E-state index in [4.69, 9.17) is 0 Å². The molecule has 1 aliphatic heterocycles. The molecule has 0 aliphatic carbocycles. The molecule has 1 unspecified atom stereocenters. The number of nitrogens with zero attached hydrogens (tertiary/aromatic N) is 4. The van der Waals surface area contributed by atoms with Crippen molar-refractivity contribution in [3.63, 3.8) is 0 Å². The highest BCUT2D eigenvalue weighted by molar-refractivity contribution is 5.38. The lowest BCUT2D eigenvalue weighted by Crippen LogP contribution is -2.40. The topological polar surface area (TPSA) is 55.1 Å². The van der Waals surface area contributed by atoms with Gasteiger partial charge in [0, 0.05) is 11.8 Å². The van der Waals surface area contributed by atoms with Crippen molar-refractivity contribution in [1.82, 2.24) is 24.9 Å². The molecule has 5 nitrogen and oxygen atoms in total. The lowest BCUT2D eigenvalue weighted by Gasteiger charge is -2.38. The van der Waals surface area contributed by atoms with Crippen molar-refractivity contribution < 1.29 is 0 Å². The molecule has 1 saturated heterocycles. The van der Waals surface area contributed by atoms with E-state index in [0.717, 1.165) is 23.7 Å². The van der Waals surface area contributed by atoms with E-state index in [-0.39, 0.29) is 11.5 Å². The van der Waals surface area contributed by atoms with E-state index in [9.17, 15) is 0 Å². The first kappa shape index (κ1) is 11.6. The fourth-order valence-electron chi connectivity index (χ4n) is 2.75. The molecule has 0 amide bonds. The minimum atomic E-state index is 0.200. The molecule has 1 fully saturated rings.